The van der Waals surface area contributed by atoms with Crippen LogP contribution in [0.5, 0.6) is 0 Å². The first-order valence-corrected chi connectivity index (χ1v) is 6.61. The number of methoxy groups -OCH3 is 1. The van der Waals surface area contributed by atoms with Gasteiger partial charge in [0, 0.05) is 25.8 Å². The number of aromatic nitrogens is 2. The smallest absolute Gasteiger partial charge is 0.335 e. The quantitative estimate of drug-likeness (QED) is 0.921. The third-order valence-electron chi connectivity index (χ3n) is 3.55. The maximum Gasteiger partial charge on any atom is 0.335 e. The van der Waals surface area contributed by atoms with Crippen LogP contribution in [-0.2, 0) is 4.74 Å². The zero-order chi connectivity index (χ0) is 14.8. The van der Waals surface area contributed by atoms with Crippen molar-refractivity contribution in [3.8, 4) is 11.3 Å². The molecule has 1 N–H and O–H groups in total. The summed E-state index contributed by atoms with van der Waals surface area (Å²) >= 11 is 0. The van der Waals surface area contributed by atoms with Gasteiger partial charge < -0.3 is 14.7 Å². The maximum absolute atomic E-state index is 10.9. The van der Waals surface area contributed by atoms with E-state index in [2.05, 4.69) is 14.9 Å². The van der Waals surface area contributed by atoms with Gasteiger partial charge in [0.2, 0.25) is 0 Å². The average molecular weight is 285 g/mol. The first kappa shape index (κ1) is 13.5. The van der Waals surface area contributed by atoms with E-state index in [1.165, 1.54) is 0 Å². The van der Waals surface area contributed by atoms with Crippen molar-refractivity contribution in [3.05, 3.63) is 42.2 Å². The molecule has 6 heteroatoms. The Balaban J connectivity index is 1.81. The number of rotatable bonds is 4. The summed E-state index contributed by atoms with van der Waals surface area (Å²) in [6, 6.07) is 6.61. The molecule has 0 amide bonds. The maximum atomic E-state index is 10.9. The fraction of sp³-hybridized carbons (Fsp3) is 0.267. The molecule has 2 heterocycles. The lowest BCUT2D eigenvalue weighted by Crippen LogP contribution is -2.52. The standard InChI is InChI=1S/C15H15N3O3/c1-21-12-8-18(9-12)14-7-16-6-13(17-14)10-2-4-11(5-3-10)15(19)20/h2-7,12H,8-9H2,1H3,(H,19,20). The molecule has 1 aliphatic rings. The zero-order valence-corrected chi connectivity index (χ0v) is 11.6. The van der Waals surface area contributed by atoms with E-state index in [1.54, 1.807) is 43.8 Å². The van der Waals surface area contributed by atoms with Gasteiger partial charge in [-0.05, 0) is 12.1 Å². The van der Waals surface area contributed by atoms with Crippen molar-refractivity contribution in [1.29, 1.82) is 0 Å². The molecule has 1 fully saturated rings. The lowest BCUT2D eigenvalue weighted by atomic mass is 10.1. The SMILES string of the molecule is COC1CN(c2cncc(-c3ccc(C(=O)O)cc3)n2)C1. The highest BCUT2D eigenvalue weighted by Crippen LogP contribution is 2.23. The van der Waals surface area contributed by atoms with Gasteiger partial charge in [0.05, 0.1) is 29.8 Å². The van der Waals surface area contributed by atoms with Crippen LogP contribution in [0.25, 0.3) is 11.3 Å². The first-order chi connectivity index (χ1) is 10.2. The van der Waals surface area contributed by atoms with E-state index in [0.717, 1.165) is 30.2 Å². The van der Waals surface area contributed by atoms with Gasteiger partial charge in [0.15, 0.2) is 0 Å². The summed E-state index contributed by atoms with van der Waals surface area (Å²) in [5.74, 6) is -0.129. The Hall–Kier alpha value is -2.47. The lowest BCUT2D eigenvalue weighted by molar-refractivity contribution is 0.0697. The van der Waals surface area contributed by atoms with E-state index in [1.807, 2.05) is 0 Å². The molecule has 0 atom stereocenters. The Labute approximate surface area is 122 Å². The van der Waals surface area contributed by atoms with Gasteiger partial charge in [-0.25, -0.2) is 9.78 Å². The number of hydrogen-bond acceptors (Lipinski definition) is 5. The first-order valence-electron chi connectivity index (χ1n) is 6.61. The number of carboxylic acid groups (broad SMARTS) is 1. The van der Waals surface area contributed by atoms with Crippen molar-refractivity contribution in [1.82, 2.24) is 9.97 Å². The molecule has 1 aromatic heterocycles. The van der Waals surface area contributed by atoms with E-state index in [0.29, 0.717) is 0 Å². The van der Waals surface area contributed by atoms with Crippen LogP contribution in [0.1, 0.15) is 10.4 Å². The number of nitrogens with zero attached hydrogens (tertiary/aromatic N) is 3. The summed E-state index contributed by atoms with van der Waals surface area (Å²) in [6.45, 7) is 1.62. The Morgan fingerprint density at radius 3 is 2.62 bits per heavy atom. The van der Waals surface area contributed by atoms with Crippen molar-refractivity contribution in [2.75, 3.05) is 25.1 Å². The second-order valence-corrected chi connectivity index (χ2v) is 4.91. The van der Waals surface area contributed by atoms with Gasteiger partial charge >= 0.3 is 5.97 Å². The summed E-state index contributed by atoms with van der Waals surface area (Å²) in [5.41, 5.74) is 1.83. The van der Waals surface area contributed by atoms with E-state index < -0.39 is 5.97 Å². The molecule has 0 aliphatic carbocycles. The highest BCUT2D eigenvalue weighted by atomic mass is 16.5. The molecule has 21 heavy (non-hydrogen) atoms. The van der Waals surface area contributed by atoms with Crippen molar-refractivity contribution < 1.29 is 14.6 Å². The number of carbonyl (C=O) groups is 1. The summed E-state index contributed by atoms with van der Waals surface area (Å²) in [5, 5.41) is 8.90. The molecule has 108 valence electrons. The van der Waals surface area contributed by atoms with E-state index in [-0.39, 0.29) is 11.7 Å². The Bertz CT molecular complexity index is 651. The van der Waals surface area contributed by atoms with Gasteiger partial charge in [-0.1, -0.05) is 12.1 Å². The molecule has 2 aromatic rings. The van der Waals surface area contributed by atoms with Crippen LogP contribution in [0.3, 0.4) is 0 Å². The predicted octanol–water partition coefficient (Wildman–Crippen LogP) is 1.68. The molecule has 1 saturated heterocycles. The minimum absolute atomic E-state index is 0.255. The second-order valence-electron chi connectivity index (χ2n) is 4.91. The topological polar surface area (TPSA) is 75.5 Å². The largest absolute Gasteiger partial charge is 0.478 e. The van der Waals surface area contributed by atoms with Crippen LogP contribution in [0.15, 0.2) is 36.7 Å². The fourth-order valence-electron chi connectivity index (χ4n) is 2.20. The van der Waals surface area contributed by atoms with Crippen molar-refractivity contribution in [3.63, 3.8) is 0 Å². The molecule has 0 saturated carbocycles. The Kier molecular flexibility index (Phi) is 3.53. The number of anilines is 1. The van der Waals surface area contributed by atoms with Crippen LogP contribution in [0.2, 0.25) is 0 Å². The van der Waals surface area contributed by atoms with Crippen LogP contribution < -0.4 is 4.90 Å². The van der Waals surface area contributed by atoms with Gasteiger partial charge in [-0.2, -0.15) is 0 Å². The molecule has 1 aromatic carbocycles. The molecule has 6 nitrogen and oxygen atoms in total. The van der Waals surface area contributed by atoms with Gasteiger partial charge in [0.1, 0.15) is 5.82 Å². The third-order valence-corrected chi connectivity index (χ3v) is 3.55. The summed E-state index contributed by atoms with van der Waals surface area (Å²) in [7, 11) is 1.70. The number of hydrogen-bond donors (Lipinski definition) is 1. The van der Waals surface area contributed by atoms with E-state index >= 15 is 0 Å². The number of aromatic carboxylic acids is 1. The number of benzene rings is 1. The number of ether oxygens (including phenoxy) is 1. The lowest BCUT2D eigenvalue weighted by Gasteiger charge is -2.38. The van der Waals surface area contributed by atoms with Gasteiger partial charge in [-0.15, -0.1) is 0 Å². The number of carboxylic acids is 1. The summed E-state index contributed by atoms with van der Waals surface area (Å²) in [6.07, 6.45) is 3.65. The second kappa shape index (κ2) is 5.49. The van der Waals surface area contributed by atoms with Crippen molar-refractivity contribution >= 4 is 11.8 Å². The van der Waals surface area contributed by atoms with E-state index in [4.69, 9.17) is 9.84 Å². The average Bonchev–Trinajstić information content (AvgIpc) is 2.47. The van der Waals surface area contributed by atoms with Crippen molar-refractivity contribution in [2.24, 2.45) is 0 Å². The van der Waals surface area contributed by atoms with Crippen molar-refractivity contribution in [2.45, 2.75) is 6.10 Å². The molecule has 0 radical (unpaired) electrons. The van der Waals surface area contributed by atoms with Crippen LogP contribution >= 0.6 is 0 Å². The van der Waals surface area contributed by atoms with Crippen LogP contribution in [0, 0.1) is 0 Å². The molecule has 0 unspecified atom stereocenters. The monoisotopic (exact) mass is 285 g/mol. The predicted molar refractivity (Wildman–Crippen MR) is 77.4 cm³/mol. The normalized spacial score (nSPS) is 14.8. The third kappa shape index (κ3) is 2.71. The fourth-order valence-corrected chi connectivity index (χ4v) is 2.20. The summed E-state index contributed by atoms with van der Waals surface area (Å²) in [4.78, 5) is 21.7. The molecule has 1 aliphatic heterocycles. The van der Waals surface area contributed by atoms with Gasteiger partial charge in [0.25, 0.3) is 0 Å². The van der Waals surface area contributed by atoms with Crippen LogP contribution in [0.4, 0.5) is 5.82 Å². The van der Waals surface area contributed by atoms with E-state index in [9.17, 15) is 4.79 Å². The van der Waals surface area contributed by atoms with Crippen LogP contribution in [-0.4, -0.2) is 47.3 Å². The molecular formula is C15H15N3O3. The van der Waals surface area contributed by atoms with Gasteiger partial charge in [-0.3, -0.25) is 4.98 Å². The molecule has 3 rings (SSSR count). The minimum atomic E-state index is -0.937. The summed E-state index contributed by atoms with van der Waals surface area (Å²) < 4.78 is 5.24. The minimum Gasteiger partial charge on any atom is -0.478 e. The molecular weight excluding hydrogens is 270 g/mol. The highest BCUT2D eigenvalue weighted by molar-refractivity contribution is 5.88. The Morgan fingerprint density at radius 2 is 2.00 bits per heavy atom. The molecule has 0 bridgehead atoms. The highest BCUT2D eigenvalue weighted by Gasteiger charge is 2.27. The zero-order valence-electron chi connectivity index (χ0n) is 11.6. The Morgan fingerprint density at radius 1 is 1.29 bits per heavy atom. The molecule has 0 spiro atoms.